The Labute approximate surface area is 254 Å². The maximum absolute atomic E-state index is 13.0. The number of likely N-dealkylation sites (tertiary alicyclic amines) is 2. The Morgan fingerprint density at radius 2 is 1.64 bits per heavy atom. The van der Waals surface area contributed by atoms with E-state index in [9.17, 15) is 27.9 Å². The van der Waals surface area contributed by atoms with Gasteiger partial charge in [0.25, 0.3) is 5.91 Å². The van der Waals surface area contributed by atoms with Crippen LogP contribution >= 0.6 is 0 Å². The van der Waals surface area contributed by atoms with Gasteiger partial charge >= 0.3 is 6.18 Å². The van der Waals surface area contributed by atoms with Crippen LogP contribution in [0.1, 0.15) is 60.0 Å². The van der Waals surface area contributed by atoms with Crippen LogP contribution in [-0.2, 0) is 16.6 Å². The number of rotatable bonds is 6. The molecule has 3 aliphatic rings. The molecule has 6 rings (SSSR count). The minimum atomic E-state index is -4.55. The van der Waals surface area contributed by atoms with E-state index in [4.69, 9.17) is 0 Å². The first-order chi connectivity index (χ1) is 21.0. The topological polar surface area (TPSA) is 98.7 Å². The molecule has 1 aliphatic carbocycles. The summed E-state index contributed by atoms with van der Waals surface area (Å²) in [7, 11) is 0. The number of halogens is 3. The molecule has 1 saturated carbocycles. The summed E-state index contributed by atoms with van der Waals surface area (Å²) in [5.74, 6) is -0.276. The third kappa shape index (κ3) is 6.34. The maximum atomic E-state index is 13.0. The number of aromatic nitrogens is 2. The largest absolute Gasteiger partial charge is 0.416 e. The molecule has 1 spiro atoms. The fraction of sp³-hybridized carbons (Fsp3) is 0.455. The monoisotopic (exact) mass is 607 g/mol. The van der Waals surface area contributed by atoms with Gasteiger partial charge < -0.3 is 15.3 Å². The number of aliphatic hydroxyl groups is 1. The number of carbonyl (C=O) groups excluding carboxylic acids is 2. The first-order valence-corrected chi connectivity index (χ1v) is 15.1. The molecular formula is C33H36F3N5O3. The van der Waals surface area contributed by atoms with Crippen LogP contribution in [0.3, 0.4) is 0 Å². The highest BCUT2D eigenvalue weighted by Crippen LogP contribution is 2.44. The molecule has 2 amide bonds. The molecule has 0 radical (unpaired) electrons. The van der Waals surface area contributed by atoms with E-state index in [1.807, 2.05) is 24.3 Å². The standard InChI is InChI=1S/C33H36F3N5O3/c34-33(35,36)26-4-1-3-24(19-26)30(43)39-20-28(42)41-18-14-31(22-41)13-17-40(21-31)27-9-11-32(44,12-10-27)25-7-5-23(6-8-25)29-37-15-2-16-38-29/h1-8,15-16,19,27,44H,9-14,17-18,20-22H2,(H,39,43)/t27?,31-,32?/m0/s1. The Balaban J connectivity index is 0.982. The number of amides is 2. The number of nitrogens with zero attached hydrogens (tertiary/aromatic N) is 4. The molecular weight excluding hydrogens is 571 g/mol. The molecule has 0 unspecified atom stereocenters. The van der Waals surface area contributed by atoms with Crippen LogP contribution in [0, 0.1) is 5.41 Å². The number of nitrogens with one attached hydrogen (secondary N) is 1. The predicted molar refractivity (Wildman–Crippen MR) is 157 cm³/mol. The summed E-state index contributed by atoms with van der Waals surface area (Å²) in [4.78, 5) is 38.2. The smallest absolute Gasteiger partial charge is 0.385 e. The molecule has 3 fully saturated rings. The highest BCUT2D eigenvalue weighted by molar-refractivity contribution is 5.96. The molecule has 44 heavy (non-hydrogen) atoms. The van der Waals surface area contributed by atoms with Gasteiger partial charge in [0, 0.05) is 54.6 Å². The van der Waals surface area contributed by atoms with Gasteiger partial charge in [-0.15, -0.1) is 0 Å². The Kier molecular flexibility index (Phi) is 8.19. The second-order valence-electron chi connectivity index (χ2n) is 12.5. The number of alkyl halides is 3. The van der Waals surface area contributed by atoms with Gasteiger partial charge in [0.05, 0.1) is 17.7 Å². The van der Waals surface area contributed by atoms with Crippen molar-refractivity contribution in [2.45, 2.75) is 56.3 Å². The molecule has 11 heteroatoms. The van der Waals surface area contributed by atoms with Crippen LogP contribution in [-0.4, -0.2) is 75.5 Å². The average molecular weight is 608 g/mol. The quantitative estimate of drug-likeness (QED) is 0.424. The van der Waals surface area contributed by atoms with Gasteiger partial charge in [-0.05, 0) is 74.9 Å². The minimum Gasteiger partial charge on any atom is -0.385 e. The van der Waals surface area contributed by atoms with Gasteiger partial charge in [-0.25, -0.2) is 9.97 Å². The molecule has 232 valence electrons. The highest BCUT2D eigenvalue weighted by Gasteiger charge is 2.47. The summed E-state index contributed by atoms with van der Waals surface area (Å²) < 4.78 is 39.0. The van der Waals surface area contributed by atoms with Crippen LogP contribution in [0.2, 0.25) is 0 Å². The lowest BCUT2D eigenvalue weighted by Crippen LogP contribution is -2.43. The number of benzene rings is 2. The van der Waals surface area contributed by atoms with E-state index < -0.39 is 23.2 Å². The number of carbonyl (C=O) groups is 2. The summed E-state index contributed by atoms with van der Waals surface area (Å²) in [5, 5.41) is 14.0. The Morgan fingerprint density at radius 1 is 0.932 bits per heavy atom. The van der Waals surface area contributed by atoms with Crippen molar-refractivity contribution >= 4 is 11.8 Å². The van der Waals surface area contributed by atoms with Gasteiger partial charge in [0.2, 0.25) is 5.91 Å². The SMILES string of the molecule is O=C(NCC(=O)N1CC[C@]2(CCN(C3CCC(O)(c4ccc(-c5ncccn5)cc4)CC3)C2)C1)c1cccc(C(F)(F)F)c1. The Hall–Kier alpha value is -3.83. The molecule has 1 atom stereocenters. The van der Waals surface area contributed by atoms with E-state index in [1.165, 1.54) is 12.1 Å². The molecule has 3 heterocycles. The predicted octanol–water partition coefficient (Wildman–Crippen LogP) is 4.65. The van der Waals surface area contributed by atoms with Gasteiger partial charge in [0.15, 0.2) is 5.82 Å². The van der Waals surface area contributed by atoms with Crippen molar-refractivity contribution in [2.24, 2.45) is 5.41 Å². The summed E-state index contributed by atoms with van der Waals surface area (Å²) in [6.07, 6.45) is 3.87. The Bertz CT molecular complexity index is 1490. The zero-order valence-electron chi connectivity index (χ0n) is 24.4. The van der Waals surface area contributed by atoms with Crippen molar-refractivity contribution in [3.05, 3.63) is 83.7 Å². The average Bonchev–Trinajstić information content (AvgIpc) is 3.66. The van der Waals surface area contributed by atoms with Crippen molar-refractivity contribution in [1.29, 1.82) is 0 Å². The molecule has 3 aromatic rings. The van der Waals surface area contributed by atoms with Crippen molar-refractivity contribution in [2.75, 3.05) is 32.7 Å². The van der Waals surface area contributed by atoms with Crippen molar-refractivity contribution in [3.8, 4) is 11.4 Å². The van der Waals surface area contributed by atoms with Gasteiger partial charge in [0.1, 0.15) is 0 Å². The van der Waals surface area contributed by atoms with E-state index in [0.29, 0.717) is 37.8 Å². The molecule has 0 bridgehead atoms. The van der Waals surface area contributed by atoms with Crippen LogP contribution < -0.4 is 5.32 Å². The van der Waals surface area contributed by atoms with Gasteiger partial charge in [-0.1, -0.05) is 30.3 Å². The summed E-state index contributed by atoms with van der Waals surface area (Å²) in [6.45, 7) is 2.79. The van der Waals surface area contributed by atoms with Gasteiger partial charge in [-0.2, -0.15) is 13.2 Å². The third-order valence-corrected chi connectivity index (χ3v) is 9.66. The normalized spacial score (nSPS) is 25.8. The molecule has 8 nitrogen and oxygen atoms in total. The van der Waals surface area contributed by atoms with Crippen LogP contribution in [0.25, 0.3) is 11.4 Å². The summed E-state index contributed by atoms with van der Waals surface area (Å²) >= 11 is 0. The summed E-state index contributed by atoms with van der Waals surface area (Å²) in [6, 6.07) is 14.2. The van der Waals surface area contributed by atoms with Crippen LogP contribution in [0.15, 0.2) is 67.0 Å². The molecule has 1 aromatic heterocycles. The second-order valence-corrected chi connectivity index (χ2v) is 12.5. The Morgan fingerprint density at radius 3 is 2.34 bits per heavy atom. The lowest BCUT2D eigenvalue weighted by molar-refractivity contribution is -0.137. The fourth-order valence-electron chi connectivity index (χ4n) is 7.08. The molecule has 2 saturated heterocycles. The fourth-order valence-corrected chi connectivity index (χ4v) is 7.08. The van der Waals surface area contributed by atoms with Crippen molar-refractivity contribution in [1.82, 2.24) is 25.1 Å². The van der Waals surface area contributed by atoms with E-state index in [-0.39, 0.29) is 23.4 Å². The van der Waals surface area contributed by atoms with Crippen LogP contribution in [0.5, 0.6) is 0 Å². The molecule has 2 N–H and O–H groups in total. The molecule has 2 aromatic carbocycles. The lowest BCUT2D eigenvalue weighted by atomic mass is 9.77. The maximum Gasteiger partial charge on any atom is 0.416 e. The third-order valence-electron chi connectivity index (χ3n) is 9.66. The zero-order chi connectivity index (χ0) is 31.0. The number of hydrogen-bond donors (Lipinski definition) is 2. The summed E-state index contributed by atoms with van der Waals surface area (Å²) in [5.41, 5.74) is -0.0626. The van der Waals surface area contributed by atoms with Crippen LogP contribution in [0.4, 0.5) is 13.2 Å². The lowest BCUT2D eigenvalue weighted by Gasteiger charge is -2.40. The highest BCUT2D eigenvalue weighted by atomic mass is 19.4. The molecule has 2 aliphatic heterocycles. The number of hydrogen-bond acceptors (Lipinski definition) is 6. The van der Waals surface area contributed by atoms with E-state index in [1.54, 1.807) is 23.4 Å². The first kappa shape index (κ1) is 30.2. The first-order valence-electron chi connectivity index (χ1n) is 15.1. The second kappa shape index (κ2) is 11.9. The van der Waals surface area contributed by atoms with E-state index >= 15 is 0 Å². The van der Waals surface area contributed by atoms with Gasteiger partial charge in [-0.3, -0.25) is 14.5 Å². The van der Waals surface area contributed by atoms with E-state index in [0.717, 1.165) is 62.0 Å². The van der Waals surface area contributed by atoms with Crippen molar-refractivity contribution < 1.29 is 27.9 Å². The van der Waals surface area contributed by atoms with Crippen molar-refractivity contribution in [3.63, 3.8) is 0 Å². The minimum absolute atomic E-state index is 0.00377. The zero-order valence-corrected chi connectivity index (χ0v) is 24.4. The van der Waals surface area contributed by atoms with E-state index in [2.05, 4.69) is 20.2 Å².